The minimum atomic E-state index is -2.72. The number of hydrogen-bond donors (Lipinski definition) is 0. The molecule has 0 aromatic rings. The van der Waals surface area contributed by atoms with Gasteiger partial charge in [0.1, 0.15) is 0 Å². The lowest BCUT2D eigenvalue weighted by atomic mass is 9.82. The molecule has 0 amide bonds. The lowest BCUT2D eigenvalue weighted by Crippen LogP contribution is -2.40. The standard InChI is InChI=1S/C13H21F2N/c1-6-10(12(2,3)4)11-13(14,15)8-7-9-16(11)5/h6H,1,7-9H2,2-5H3/b11-10+. The fourth-order valence-corrected chi connectivity index (χ4v) is 2.21. The Morgan fingerprint density at radius 2 is 2.00 bits per heavy atom. The molecule has 0 aromatic heterocycles. The number of nitrogens with zero attached hydrogens (tertiary/aromatic N) is 1. The Balaban J connectivity index is 3.32. The summed E-state index contributed by atoms with van der Waals surface area (Å²) < 4.78 is 27.9. The topological polar surface area (TPSA) is 3.24 Å². The van der Waals surface area contributed by atoms with Gasteiger partial charge in [-0.25, -0.2) is 0 Å². The molecule has 0 atom stereocenters. The van der Waals surface area contributed by atoms with E-state index in [0.29, 0.717) is 18.5 Å². The van der Waals surface area contributed by atoms with Gasteiger partial charge in [0.15, 0.2) is 0 Å². The minimum Gasteiger partial charge on any atom is -0.373 e. The van der Waals surface area contributed by atoms with Crippen molar-refractivity contribution in [3.05, 3.63) is 23.9 Å². The van der Waals surface area contributed by atoms with Crippen LogP contribution in [0.3, 0.4) is 0 Å². The van der Waals surface area contributed by atoms with Crippen molar-refractivity contribution < 1.29 is 8.78 Å². The Hall–Kier alpha value is -0.860. The second-order valence-electron chi connectivity index (χ2n) is 5.45. The highest BCUT2D eigenvalue weighted by Crippen LogP contribution is 2.42. The molecule has 0 aliphatic carbocycles. The maximum Gasteiger partial charge on any atom is 0.287 e. The van der Waals surface area contributed by atoms with E-state index in [1.165, 1.54) is 0 Å². The van der Waals surface area contributed by atoms with E-state index in [1.807, 2.05) is 20.8 Å². The maximum absolute atomic E-state index is 13.9. The van der Waals surface area contributed by atoms with Gasteiger partial charge >= 0.3 is 0 Å². The number of alkyl halides is 2. The highest BCUT2D eigenvalue weighted by atomic mass is 19.3. The lowest BCUT2D eigenvalue weighted by Gasteiger charge is -2.38. The first-order valence-corrected chi connectivity index (χ1v) is 5.67. The lowest BCUT2D eigenvalue weighted by molar-refractivity contribution is -0.0180. The van der Waals surface area contributed by atoms with Crippen molar-refractivity contribution in [2.24, 2.45) is 5.41 Å². The van der Waals surface area contributed by atoms with Crippen molar-refractivity contribution in [2.75, 3.05) is 13.6 Å². The van der Waals surface area contributed by atoms with Crippen LogP contribution in [-0.2, 0) is 0 Å². The third-order valence-electron chi connectivity index (χ3n) is 2.98. The van der Waals surface area contributed by atoms with Gasteiger partial charge in [0.2, 0.25) is 0 Å². The van der Waals surface area contributed by atoms with Gasteiger partial charge in [-0.1, -0.05) is 33.4 Å². The average Bonchev–Trinajstić information content (AvgIpc) is 2.08. The Morgan fingerprint density at radius 1 is 1.44 bits per heavy atom. The van der Waals surface area contributed by atoms with Crippen LogP contribution in [0, 0.1) is 5.41 Å². The Bertz CT molecular complexity index is 310. The summed E-state index contributed by atoms with van der Waals surface area (Å²) in [5.74, 6) is -2.72. The van der Waals surface area contributed by atoms with Crippen molar-refractivity contribution in [2.45, 2.75) is 39.5 Å². The van der Waals surface area contributed by atoms with Gasteiger partial charge in [-0.2, -0.15) is 8.78 Å². The van der Waals surface area contributed by atoms with E-state index in [1.54, 1.807) is 18.0 Å². The quantitative estimate of drug-likeness (QED) is 0.660. The molecule has 3 heteroatoms. The second kappa shape index (κ2) is 4.19. The summed E-state index contributed by atoms with van der Waals surface area (Å²) in [4.78, 5) is 1.67. The molecule has 16 heavy (non-hydrogen) atoms. The summed E-state index contributed by atoms with van der Waals surface area (Å²) in [6.07, 6.45) is 2.06. The van der Waals surface area contributed by atoms with Gasteiger partial charge in [-0.05, 0) is 17.4 Å². The maximum atomic E-state index is 13.9. The molecule has 0 aromatic carbocycles. The molecule has 92 valence electrons. The molecule has 0 N–H and O–H groups in total. The van der Waals surface area contributed by atoms with Crippen LogP contribution < -0.4 is 0 Å². The van der Waals surface area contributed by atoms with E-state index in [0.717, 1.165) is 0 Å². The third kappa shape index (κ3) is 2.45. The average molecular weight is 229 g/mol. The molecule has 1 fully saturated rings. The number of allylic oxidation sites excluding steroid dienone is 3. The van der Waals surface area contributed by atoms with Crippen LogP contribution in [0.1, 0.15) is 33.6 Å². The molecule has 1 aliphatic heterocycles. The van der Waals surface area contributed by atoms with Gasteiger partial charge in [0.05, 0.1) is 5.70 Å². The smallest absolute Gasteiger partial charge is 0.287 e. The molecular formula is C13H21F2N. The molecule has 1 heterocycles. The van der Waals surface area contributed by atoms with Crippen LogP contribution in [0.25, 0.3) is 0 Å². The normalized spacial score (nSPS) is 24.2. The number of piperidine rings is 1. The Kier molecular flexibility index (Phi) is 3.46. The van der Waals surface area contributed by atoms with Crippen molar-refractivity contribution in [1.29, 1.82) is 0 Å². The monoisotopic (exact) mass is 229 g/mol. The molecule has 0 bridgehead atoms. The van der Waals surface area contributed by atoms with Gasteiger partial charge in [0, 0.05) is 20.0 Å². The van der Waals surface area contributed by atoms with E-state index >= 15 is 0 Å². The van der Waals surface area contributed by atoms with Gasteiger partial charge in [-0.3, -0.25) is 0 Å². The molecule has 0 saturated carbocycles. The van der Waals surface area contributed by atoms with Crippen LogP contribution in [0.5, 0.6) is 0 Å². The summed E-state index contributed by atoms with van der Waals surface area (Å²) in [6, 6.07) is 0. The minimum absolute atomic E-state index is 0.0555. The summed E-state index contributed by atoms with van der Waals surface area (Å²) in [5, 5.41) is 0. The van der Waals surface area contributed by atoms with Crippen LogP contribution in [0.15, 0.2) is 23.9 Å². The van der Waals surface area contributed by atoms with Crippen molar-refractivity contribution in [3.63, 3.8) is 0 Å². The molecular weight excluding hydrogens is 208 g/mol. The second-order valence-corrected chi connectivity index (χ2v) is 5.45. The Morgan fingerprint density at radius 3 is 2.38 bits per heavy atom. The van der Waals surface area contributed by atoms with Crippen LogP contribution in [0.4, 0.5) is 8.78 Å². The molecule has 1 nitrogen and oxygen atoms in total. The van der Waals surface area contributed by atoms with Crippen molar-refractivity contribution in [3.8, 4) is 0 Å². The van der Waals surface area contributed by atoms with E-state index in [9.17, 15) is 8.78 Å². The summed E-state index contributed by atoms with van der Waals surface area (Å²) in [5.41, 5.74) is 0.507. The zero-order chi connectivity index (χ0) is 12.6. The fourth-order valence-electron chi connectivity index (χ4n) is 2.21. The largest absolute Gasteiger partial charge is 0.373 e. The van der Waals surface area contributed by atoms with E-state index in [-0.39, 0.29) is 17.5 Å². The first kappa shape index (κ1) is 13.2. The first-order valence-electron chi connectivity index (χ1n) is 5.67. The number of halogens is 2. The van der Waals surface area contributed by atoms with Crippen LogP contribution in [0.2, 0.25) is 0 Å². The molecule has 1 aliphatic rings. The van der Waals surface area contributed by atoms with E-state index in [2.05, 4.69) is 6.58 Å². The van der Waals surface area contributed by atoms with Crippen molar-refractivity contribution in [1.82, 2.24) is 4.90 Å². The van der Waals surface area contributed by atoms with Crippen LogP contribution in [-0.4, -0.2) is 24.4 Å². The predicted molar refractivity (Wildman–Crippen MR) is 63.5 cm³/mol. The predicted octanol–water partition coefficient (Wildman–Crippen LogP) is 3.83. The summed E-state index contributed by atoms with van der Waals surface area (Å²) >= 11 is 0. The molecule has 0 spiro atoms. The SMILES string of the molecule is C=C/C(=C1\N(C)CCCC1(F)F)C(C)(C)C. The first-order chi connectivity index (χ1) is 7.20. The molecule has 0 unspecified atom stereocenters. The summed E-state index contributed by atoms with van der Waals surface area (Å²) in [7, 11) is 1.73. The van der Waals surface area contributed by atoms with Crippen molar-refractivity contribution >= 4 is 0 Å². The van der Waals surface area contributed by atoms with E-state index in [4.69, 9.17) is 0 Å². The molecule has 0 radical (unpaired) electrons. The third-order valence-corrected chi connectivity index (χ3v) is 2.98. The Labute approximate surface area is 96.8 Å². The number of likely N-dealkylation sites (tertiary alicyclic amines) is 1. The fraction of sp³-hybridized carbons (Fsp3) is 0.692. The highest BCUT2D eigenvalue weighted by Gasteiger charge is 2.42. The van der Waals surface area contributed by atoms with Gasteiger partial charge in [0.25, 0.3) is 5.92 Å². The summed E-state index contributed by atoms with van der Waals surface area (Å²) in [6.45, 7) is 10.2. The van der Waals surface area contributed by atoms with Gasteiger partial charge < -0.3 is 4.90 Å². The zero-order valence-corrected chi connectivity index (χ0v) is 10.6. The molecule has 1 rings (SSSR count). The zero-order valence-electron chi connectivity index (χ0n) is 10.6. The van der Waals surface area contributed by atoms with E-state index < -0.39 is 5.92 Å². The van der Waals surface area contributed by atoms with Gasteiger partial charge in [-0.15, -0.1) is 0 Å². The molecule has 1 saturated heterocycles. The number of rotatable bonds is 1. The number of hydrogen-bond acceptors (Lipinski definition) is 1. The van der Waals surface area contributed by atoms with Crippen LogP contribution >= 0.6 is 0 Å². The highest BCUT2D eigenvalue weighted by molar-refractivity contribution is 5.33.